The van der Waals surface area contributed by atoms with E-state index in [9.17, 15) is 0 Å². The minimum absolute atomic E-state index is 0.813. The first kappa shape index (κ1) is 17.0. The van der Waals surface area contributed by atoms with Gasteiger partial charge in [0.05, 0.1) is 18.5 Å². The maximum absolute atomic E-state index is 5.13. The van der Waals surface area contributed by atoms with Crippen molar-refractivity contribution in [3.8, 4) is 5.75 Å². The highest BCUT2D eigenvalue weighted by molar-refractivity contribution is 5.53. The van der Waals surface area contributed by atoms with E-state index in [1.807, 2.05) is 36.4 Å². The van der Waals surface area contributed by atoms with Gasteiger partial charge in [-0.25, -0.2) is 0 Å². The molecule has 4 heteroatoms. The molecule has 2 rings (SSSR count). The summed E-state index contributed by atoms with van der Waals surface area (Å²) in [5.74, 6) is 0.820. The van der Waals surface area contributed by atoms with E-state index in [2.05, 4.69) is 41.1 Å². The zero-order valence-corrected chi connectivity index (χ0v) is 14.2. The highest BCUT2D eigenvalue weighted by atomic mass is 16.5. The third kappa shape index (κ3) is 5.09. The van der Waals surface area contributed by atoms with Crippen LogP contribution < -0.4 is 9.64 Å². The maximum Gasteiger partial charge on any atom is 0.119 e. The molecule has 0 unspecified atom stereocenters. The topological polar surface area (TPSA) is 37.2 Å². The van der Waals surface area contributed by atoms with Crippen molar-refractivity contribution in [2.75, 3.05) is 25.1 Å². The van der Waals surface area contributed by atoms with Crippen LogP contribution in [-0.4, -0.2) is 20.2 Å². The van der Waals surface area contributed by atoms with Crippen LogP contribution in [0.5, 0.6) is 5.75 Å². The Morgan fingerprint density at radius 3 is 1.70 bits per heavy atom. The van der Waals surface area contributed by atoms with Crippen LogP contribution >= 0.6 is 0 Å². The highest BCUT2D eigenvalue weighted by Gasteiger charge is 2.04. The van der Waals surface area contributed by atoms with Gasteiger partial charge in [-0.2, -0.15) is 10.2 Å². The van der Waals surface area contributed by atoms with Gasteiger partial charge in [0.25, 0.3) is 0 Å². The standard InChI is InChI=1S/C19H25N3O/c1-4-14-22(15-5-2)18-10-6-16(7-11-18)20-21-17-8-12-19(23-3)13-9-17/h6-13H,4-5,14-15H2,1-3H3/b21-20+. The molecule has 0 heterocycles. The van der Waals surface area contributed by atoms with E-state index in [1.54, 1.807) is 7.11 Å². The van der Waals surface area contributed by atoms with Gasteiger partial charge in [0, 0.05) is 18.8 Å². The second-order valence-electron chi connectivity index (χ2n) is 5.40. The van der Waals surface area contributed by atoms with Crippen LogP contribution in [0.25, 0.3) is 0 Å². The van der Waals surface area contributed by atoms with Crippen LogP contribution in [-0.2, 0) is 0 Å². The van der Waals surface area contributed by atoms with E-state index < -0.39 is 0 Å². The van der Waals surface area contributed by atoms with Crippen molar-refractivity contribution in [2.45, 2.75) is 26.7 Å². The molecule has 23 heavy (non-hydrogen) atoms. The molecule has 0 radical (unpaired) electrons. The van der Waals surface area contributed by atoms with Gasteiger partial charge in [0.2, 0.25) is 0 Å². The Balaban J connectivity index is 2.04. The summed E-state index contributed by atoms with van der Waals surface area (Å²) >= 11 is 0. The highest BCUT2D eigenvalue weighted by Crippen LogP contribution is 2.23. The van der Waals surface area contributed by atoms with Crippen molar-refractivity contribution in [1.82, 2.24) is 0 Å². The minimum Gasteiger partial charge on any atom is -0.497 e. The number of hydrogen-bond acceptors (Lipinski definition) is 4. The number of methoxy groups -OCH3 is 1. The largest absolute Gasteiger partial charge is 0.497 e. The molecule has 0 spiro atoms. The summed E-state index contributed by atoms with van der Waals surface area (Å²) < 4.78 is 5.13. The van der Waals surface area contributed by atoms with E-state index in [0.717, 1.165) is 43.1 Å². The third-order valence-corrected chi connectivity index (χ3v) is 3.56. The van der Waals surface area contributed by atoms with Crippen molar-refractivity contribution in [3.05, 3.63) is 48.5 Å². The fourth-order valence-corrected chi connectivity index (χ4v) is 2.40. The molecule has 0 aromatic heterocycles. The van der Waals surface area contributed by atoms with Gasteiger partial charge in [-0.05, 0) is 61.4 Å². The molecule has 0 N–H and O–H groups in total. The molecule has 0 saturated heterocycles. The van der Waals surface area contributed by atoms with E-state index in [-0.39, 0.29) is 0 Å². The van der Waals surface area contributed by atoms with Gasteiger partial charge in [0.1, 0.15) is 5.75 Å². The quantitative estimate of drug-likeness (QED) is 0.583. The van der Waals surface area contributed by atoms with Gasteiger partial charge < -0.3 is 9.64 Å². The van der Waals surface area contributed by atoms with Crippen molar-refractivity contribution in [3.63, 3.8) is 0 Å². The van der Waals surface area contributed by atoms with Crippen LogP contribution in [0, 0.1) is 0 Å². The van der Waals surface area contributed by atoms with E-state index in [4.69, 9.17) is 4.74 Å². The van der Waals surface area contributed by atoms with Crippen molar-refractivity contribution in [2.24, 2.45) is 10.2 Å². The van der Waals surface area contributed by atoms with Crippen molar-refractivity contribution < 1.29 is 4.74 Å². The van der Waals surface area contributed by atoms with E-state index >= 15 is 0 Å². The Hall–Kier alpha value is -2.36. The lowest BCUT2D eigenvalue weighted by atomic mass is 10.2. The summed E-state index contributed by atoms with van der Waals surface area (Å²) in [4.78, 5) is 2.41. The minimum atomic E-state index is 0.813. The van der Waals surface area contributed by atoms with Crippen molar-refractivity contribution >= 4 is 17.1 Å². The number of ether oxygens (including phenoxy) is 1. The van der Waals surface area contributed by atoms with Crippen LogP contribution in [0.3, 0.4) is 0 Å². The first-order valence-corrected chi connectivity index (χ1v) is 8.17. The first-order valence-electron chi connectivity index (χ1n) is 8.17. The number of nitrogens with zero attached hydrogens (tertiary/aromatic N) is 3. The van der Waals surface area contributed by atoms with Crippen LogP contribution in [0.2, 0.25) is 0 Å². The molecule has 0 saturated carbocycles. The molecule has 122 valence electrons. The molecule has 0 aliphatic carbocycles. The summed E-state index contributed by atoms with van der Waals surface area (Å²) in [5.41, 5.74) is 2.92. The van der Waals surface area contributed by atoms with Gasteiger partial charge in [-0.1, -0.05) is 13.8 Å². The first-order chi connectivity index (χ1) is 11.3. The zero-order chi connectivity index (χ0) is 16.5. The second-order valence-corrected chi connectivity index (χ2v) is 5.40. The summed E-state index contributed by atoms with van der Waals surface area (Å²) in [7, 11) is 1.65. The predicted octanol–water partition coefficient (Wildman–Crippen LogP) is 5.74. The summed E-state index contributed by atoms with van der Waals surface area (Å²) in [6.45, 7) is 6.58. The van der Waals surface area contributed by atoms with Gasteiger partial charge in [-0.3, -0.25) is 0 Å². The Labute approximate surface area is 138 Å². The second kappa shape index (κ2) is 8.93. The Kier molecular flexibility index (Phi) is 6.60. The lowest BCUT2D eigenvalue weighted by Crippen LogP contribution is -2.24. The molecular weight excluding hydrogens is 286 g/mol. The fraction of sp³-hybridized carbons (Fsp3) is 0.368. The number of hydrogen-bond donors (Lipinski definition) is 0. The van der Waals surface area contributed by atoms with Crippen LogP contribution in [0.15, 0.2) is 58.8 Å². The molecule has 0 amide bonds. The van der Waals surface area contributed by atoms with Gasteiger partial charge in [0.15, 0.2) is 0 Å². The summed E-state index contributed by atoms with van der Waals surface area (Å²) in [5, 5.41) is 8.54. The van der Waals surface area contributed by atoms with Gasteiger partial charge in [-0.15, -0.1) is 0 Å². The smallest absolute Gasteiger partial charge is 0.119 e. The maximum atomic E-state index is 5.13. The normalized spacial score (nSPS) is 10.9. The predicted molar refractivity (Wildman–Crippen MR) is 96.4 cm³/mol. The molecule has 0 aliphatic heterocycles. The molecule has 2 aromatic rings. The number of anilines is 1. The number of benzene rings is 2. The van der Waals surface area contributed by atoms with Crippen molar-refractivity contribution in [1.29, 1.82) is 0 Å². The Bertz CT molecular complexity index is 600. The molecule has 0 bridgehead atoms. The zero-order valence-electron chi connectivity index (χ0n) is 14.2. The molecular formula is C19H25N3O. The molecule has 4 nitrogen and oxygen atoms in total. The SMILES string of the molecule is CCCN(CCC)c1ccc(/N=N/c2ccc(OC)cc2)cc1. The van der Waals surface area contributed by atoms with Crippen LogP contribution in [0.1, 0.15) is 26.7 Å². The lowest BCUT2D eigenvalue weighted by molar-refractivity contribution is 0.415. The average molecular weight is 311 g/mol. The lowest BCUT2D eigenvalue weighted by Gasteiger charge is -2.23. The Morgan fingerprint density at radius 1 is 0.783 bits per heavy atom. The monoisotopic (exact) mass is 311 g/mol. The molecule has 2 aromatic carbocycles. The molecule has 0 atom stereocenters. The third-order valence-electron chi connectivity index (χ3n) is 3.56. The van der Waals surface area contributed by atoms with Crippen LogP contribution in [0.4, 0.5) is 17.1 Å². The number of rotatable bonds is 8. The van der Waals surface area contributed by atoms with Gasteiger partial charge >= 0.3 is 0 Å². The fourth-order valence-electron chi connectivity index (χ4n) is 2.40. The number of azo groups is 1. The molecule has 0 aliphatic rings. The molecule has 0 fully saturated rings. The summed E-state index contributed by atoms with van der Waals surface area (Å²) in [6, 6.07) is 15.8. The van der Waals surface area contributed by atoms with E-state index in [1.165, 1.54) is 5.69 Å². The Morgan fingerprint density at radius 2 is 1.26 bits per heavy atom. The summed E-state index contributed by atoms with van der Waals surface area (Å²) in [6.07, 6.45) is 2.30. The van der Waals surface area contributed by atoms with E-state index in [0.29, 0.717) is 0 Å². The average Bonchev–Trinajstić information content (AvgIpc) is 2.61.